The van der Waals surface area contributed by atoms with E-state index in [0.29, 0.717) is 0 Å². The summed E-state index contributed by atoms with van der Waals surface area (Å²) in [4.78, 5) is 13.2. The molecule has 0 heterocycles. The molecule has 1 nitrogen and oxygen atoms in total. The maximum Gasteiger partial charge on any atom is 0.186 e. The molecule has 27 heavy (non-hydrogen) atoms. The summed E-state index contributed by atoms with van der Waals surface area (Å²) in [6, 6.07) is 22.9. The molecule has 0 aromatic heterocycles. The van der Waals surface area contributed by atoms with Crippen molar-refractivity contribution in [3.05, 3.63) is 89.0 Å². The standard InChI is InChI=1S/C25H27OP/c1-17-15-20(25(3,4)5)16-18(2)23(17)24(26)27-22-14-10-9-13-21(22)19-11-7-6-8-12-19/h6-16,27H,1-5H3. The molecule has 0 aliphatic rings. The van der Waals surface area contributed by atoms with Gasteiger partial charge in [-0.2, -0.15) is 0 Å². The van der Waals surface area contributed by atoms with E-state index in [-0.39, 0.29) is 19.5 Å². The Morgan fingerprint density at radius 2 is 1.37 bits per heavy atom. The predicted octanol–water partition coefficient (Wildman–Crippen LogP) is 6.41. The average Bonchev–Trinajstić information content (AvgIpc) is 2.61. The third-order valence-electron chi connectivity index (χ3n) is 4.89. The Kier molecular flexibility index (Phi) is 5.63. The van der Waals surface area contributed by atoms with E-state index in [4.69, 9.17) is 0 Å². The molecular formula is C25H27OP. The molecule has 3 rings (SSSR count). The fourth-order valence-corrected chi connectivity index (χ4v) is 4.71. The second kappa shape index (κ2) is 7.79. The van der Waals surface area contributed by atoms with E-state index in [1.807, 2.05) is 30.3 Å². The van der Waals surface area contributed by atoms with Crippen LogP contribution < -0.4 is 5.30 Å². The lowest BCUT2D eigenvalue weighted by atomic mass is 9.84. The lowest BCUT2D eigenvalue weighted by Crippen LogP contribution is -2.14. The van der Waals surface area contributed by atoms with Gasteiger partial charge in [0, 0.05) is 5.56 Å². The van der Waals surface area contributed by atoms with Crippen LogP contribution in [0.2, 0.25) is 0 Å². The normalized spacial score (nSPS) is 11.9. The zero-order valence-electron chi connectivity index (χ0n) is 16.8. The minimum absolute atomic E-state index is 0.0826. The highest BCUT2D eigenvalue weighted by Gasteiger charge is 2.20. The molecule has 0 amide bonds. The van der Waals surface area contributed by atoms with Gasteiger partial charge in [-0.05, 0) is 61.0 Å². The first-order valence-electron chi connectivity index (χ1n) is 9.35. The Hall–Kier alpha value is -2.24. The van der Waals surface area contributed by atoms with E-state index in [1.165, 1.54) is 5.56 Å². The smallest absolute Gasteiger partial charge is 0.186 e. The Morgan fingerprint density at radius 1 is 0.815 bits per heavy atom. The van der Waals surface area contributed by atoms with Gasteiger partial charge in [0.2, 0.25) is 0 Å². The fourth-order valence-electron chi connectivity index (χ4n) is 3.40. The van der Waals surface area contributed by atoms with Gasteiger partial charge in [-0.25, -0.2) is 0 Å². The highest BCUT2D eigenvalue weighted by molar-refractivity contribution is 7.66. The van der Waals surface area contributed by atoms with Crippen molar-refractivity contribution in [2.24, 2.45) is 0 Å². The van der Waals surface area contributed by atoms with Crippen molar-refractivity contribution in [2.75, 3.05) is 0 Å². The molecule has 0 fully saturated rings. The monoisotopic (exact) mass is 374 g/mol. The van der Waals surface area contributed by atoms with Crippen molar-refractivity contribution in [3.8, 4) is 11.1 Å². The van der Waals surface area contributed by atoms with Crippen molar-refractivity contribution >= 4 is 19.4 Å². The largest absolute Gasteiger partial charge is 0.289 e. The van der Waals surface area contributed by atoms with E-state index in [0.717, 1.165) is 33.1 Å². The molecule has 0 spiro atoms. The van der Waals surface area contributed by atoms with Crippen LogP contribution in [0.1, 0.15) is 47.8 Å². The van der Waals surface area contributed by atoms with Gasteiger partial charge in [-0.1, -0.05) is 87.5 Å². The highest BCUT2D eigenvalue weighted by Crippen LogP contribution is 2.32. The molecule has 0 saturated heterocycles. The fraction of sp³-hybridized carbons (Fsp3) is 0.240. The summed E-state index contributed by atoms with van der Waals surface area (Å²) in [6.07, 6.45) is 0. The summed E-state index contributed by atoms with van der Waals surface area (Å²) in [6.45, 7) is 10.7. The van der Waals surface area contributed by atoms with Crippen LogP contribution in [0.3, 0.4) is 0 Å². The Bertz CT molecular complexity index is 942. The van der Waals surface area contributed by atoms with Gasteiger partial charge < -0.3 is 0 Å². The van der Waals surface area contributed by atoms with Gasteiger partial charge >= 0.3 is 0 Å². The van der Waals surface area contributed by atoms with E-state index < -0.39 is 0 Å². The topological polar surface area (TPSA) is 17.1 Å². The number of carbonyl (C=O) groups excluding carboxylic acids is 1. The molecule has 0 N–H and O–H groups in total. The summed E-state index contributed by atoms with van der Waals surface area (Å²) >= 11 is 0. The molecule has 3 aromatic carbocycles. The molecule has 1 unspecified atom stereocenters. The first kappa shape index (κ1) is 19.5. The predicted molar refractivity (Wildman–Crippen MR) is 119 cm³/mol. The van der Waals surface area contributed by atoms with Crippen LogP contribution in [-0.2, 0) is 5.41 Å². The van der Waals surface area contributed by atoms with Crippen LogP contribution in [0.5, 0.6) is 0 Å². The van der Waals surface area contributed by atoms with E-state index in [9.17, 15) is 4.79 Å². The highest BCUT2D eigenvalue weighted by atomic mass is 31.1. The van der Waals surface area contributed by atoms with Crippen LogP contribution in [0.4, 0.5) is 0 Å². The molecule has 1 atom stereocenters. The molecule has 0 saturated carbocycles. The molecule has 0 aliphatic heterocycles. The van der Waals surface area contributed by atoms with Crippen molar-refractivity contribution in [2.45, 2.75) is 40.0 Å². The van der Waals surface area contributed by atoms with Crippen molar-refractivity contribution in [1.29, 1.82) is 0 Å². The Labute approximate surface area is 164 Å². The molecule has 2 heteroatoms. The molecule has 0 radical (unpaired) electrons. The number of aryl methyl sites for hydroxylation is 2. The lowest BCUT2D eigenvalue weighted by Gasteiger charge is -2.22. The first-order valence-corrected chi connectivity index (χ1v) is 10.3. The minimum Gasteiger partial charge on any atom is -0.289 e. The Morgan fingerprint density at radius 3 is 1.96 bits per heavy atom. The summed E-state index contributed by atoms with van der Waals surface area (Å²) in [5, 5.41) is 1.10. The molecule has 0 bridgehead atoms. The van der Waals surface area contributed by atoms with E-state index >= 15 is 0 Å². The number of hydrogen-bond donors (Lipinski definition) is 0. The average molecular weight is 374 g/mol. The maximum atomic E-state index is 13.2. The quantitative estimate of drug-likeness (QED) is 0.482. The third-order valence-corrected chi connectivity index (χ3v) is 6.07. The van der Waals surface area contributed by atoms with Crippen molar-refractivity contribution in [1.82, 2.24) is 0 Å². The van der Waals surface area contributed by atoms with Gasteiger partial charge in [0.1, 0.15) is 0 Å². The number of rotatable bonds is 4. The number of benzene rings is 3. The Balaban J connectivity index is 1.96. The van der Waals surface area contributed by atoms with Crippen LogP contribution in [0.25, 0.3) is 11.1 Å². The summed E-state index contributed by atoms with van der Waals surface area (Å²) in [5.41, 5.74) is 6.92. The zero-order valence-corrected chi connectivity index (χ0v) is 17.8. The second-order valence-corrected chi connectivity index (χ2v) is 9.34. The van der Waals surface area contributed by atoms with Gasteiger partial charge in [0.15, 0.2) is 5.52 Å². The summed E-state index contributed by atoms with van der Waals surface area (Å²) in [7, 11) is 0.117. The van der Waals surface area contributed by atoms with E-state index in [1.54, 1.807) is 0 Å². The van der Waals surface area contributed by atoms with Crippen LogP contribution >= 0.6 is 8.58 Å². The third kappa shape index (κ3) is 4.37. The van der Waals surface area contributed by atoms with Gasteiger partial charge in [-0.15, -0.1) is 0 Å². The summed E-state index contributed by atoms with van der Waals surface area (Å²) in [5.74, 6) is 0. The SMILES string of the molecule is Cc1cc(C(C)(C)C)cc(C)c1C(=O)Pc1ccccc1-c1ccccc1. The number of hydrogen-bond acceptors (Lipinski definition) is 1. The minimum atomic E-state index is 0.0826. The van der Waals surface area contributed by atoms with Gasteiger partial charge in [-0.3, -0.25) is 4.79 Å². The van der Waals surface area contributed by atoms with Crippen LogP contribution in [0.15, 0.2) is 66.7 Å². The maximum absolute atomic E-state index is 13.2. The van der Waals surface area contributed by atoms with E-state index in [2.05, 4.69) is 71.0 Å². The molecule has 3 aromatic rings. The first-order chi connectivity index (χ1) is 12.8. The number of carbonyl (C=O) groups is 1. The van der Waals surface area contributed by atoms with Crippen LogP contribution in [0, 0.1) is 13.8 Å². The van der Waals surface area contributed by atoms with Gasteiger partial charge in [0.25, 0.3) is 0 Å². The lowest BCUT2D eigenvalue weighted by molar-refractivity contribution is 0.108. The van der Waals surface area contributed by atoms with Crippen LogP contribution in [-0.4, -0.2) is 5.52 Å². The molecule has 0 aliphatic carbocycles. The van der Waals surface area contributed by atoms with Gasteiger partial charge in [0.05, 0.1) is 0 Å². The van der Waals surface area contributed by atoms with Crippen molar-refractivity contribution in [3.63, 3.8) is 0 Å². The zero-order chi connectivity index (χ0) is 19.6. The molecular weight excluding hydrogens is 347 g/mol. The molecule has 138 valence electrons. The van der Waals surface area contributed by atoms with Crippen molar-refractivity contribution < 1.29 is 4.79 Å². The summed E-state index contributed by atoms with van der Waals surface area (Å²) < 4.78 is 0. The second-order valence-electron chi connectivity index (χ2n) is 8.10.